The smallest absolute Gasteiger partial charge is 0.0321 e. The van der Waals surface area contributed by atoms with Crippen LogP contribution in [0.2, 0.25) is 0 Å². The maximum atomic E-state index is 3.58. The van der Waals surface area contributed by atoms with Gasteiger partial charge in [0.1, 0.15) is 0 Å². The molecule has 2 heterocycles. The van der Waals surface area contributed by atoms with E-state index < -0.39 is 0 Å². The minimum absolute atomic E-state index is 0. The normalized spacial score (nSPS) is 39.0. The first kappa shape index (κ1) is 7.56. The monoisotopic (exact) mass is 156 g/mol. The fourth-order valence-corrected chi connectivity index (χ4v) is 2.32. The van der Waals surface area contributed by atoms with Crippen LogP contribution in [0.4, 0.5) is 0 Å². The second-order valence-electron chi connectivity index (χ2n) is 3.93. The first-order valence-corrected chi connectivity index (χ1v) is 4.82. The Morgan fingerprint density at radius 3 is 2.91 bits per heavy atom. The molecule has 66 valence electrons. The molecular formula is C9H20N2. The number of likely N-dealkylation sites (N-methyl/N-ethyl adjacent to an activating group) is 1. The first-order chi connectivity index (χ1) is 5.35. The van der Waals surface area contributed by atoms with Crippen LogP contribution in [0.5, 0.6) is 0 Å². The van der Waals surface area contributed by atoms with Crippen molar-refractivity contribution >= 4 is 0 Å². The van der Waals surface area contributed by atoms with Gasteiger partial charge in [-0.05, 0) is 38.9 Å². The van der Waals surface area contributed by atoms with E-state index in [1.54, 1.807) is 0 Å². The highest BCUT2D eigenvalue weighted by atomic mass is 15.2. The molecule has 2 aliphatic rings. The molecule has 2 fully saturated rings. The molecule has 0 saturated carbocycles. The van der Waals surface area contributed by atoms with E-state index in [-0.39, 0.29) is 1.43 Å². The lowest BCUT2D eigenvalue weighted by Crippen LogP contribution is -2.64. The number of rotatable bonds is 1. The Hall–Kier alpha value is -0.0800. The van der Waals surface area contributed by atoms with Gasteiger partial charge >= 0.3 is 0 Å². The Kier molecular flexibility index (Phi) is 1.90. The molecule has 1 unspecified atom stereocenters. The van der Waals surface area contributed by atoms with E-state index in [4.69, 9.17) is 0 Å². The molecule has 0 aromatic heterocycles. The standard InChI is InChI=1S/C9H18N2.H2/c1-2-11-7-3-4-9(8-11)5-6-10-9;/h10H,2-8H2,1H3;1H. The summed E-state index contributed by atoms with van der Waals surface area (Å²) in [6, 6.07) is 0. The molecule has 0 aliphatic carbocycles. The Morgan fingerprint density at radius 2 is 2.36 bits per heavy atom. The number of nitrogens with one attached hydrogen (secondary N) is 1. The molecule has 0 bridgehead atoms. The first-order valence-electron chi connectivity index (χ1n) is 4.82. The molecule has 2 saturated heterocycles. The van der Waals surface area contributed by atoms with E-state index in [2.05, 4.69) is 17.1 Å². The van der Waals surface area contributed by atoms with E-state index in [1.807, 2.05) is 0 Å². The predicted molar refractivity (Wildman–Crippen MR) is 48.8 cm³/mol. The van der Waals surface area contributed by atoms with Crippen molar-refractivity contribution in [2.75, 3.05) is 26.2 Å². The van der Waals surface area contributed by atoms with Crippen molar-refractivity contribution in [3.05, 3.63) is 0 Å². The Morgan fingerprint density at radius 1 is 1.55 bits per heavy atom. The Bertz CT molecular complexity index is 145. The number of piperidine rings is 1. The minimum atomic E-state index is 0. The van der Waals surface area contributed by atoms with E-state index in [0.29, 0.717) is 5.54 Å². The highest BCUT2D eigenvalue weighted by molar-refractivity contribution is 5.00. The van der Waals surface area contributed by atoms with Crippen molar-refractivity contribution in [1.29, 1.82) is 0 Å². The van der Waals surface area contributed by atoms with Crippen LogP contribution in [0.3, 0.4) is 0 Å². The third-order valence-electron chi connectivity index (χ3n) is 3.21. The highest BCUT2D eigenvalue weighted by Gasteiger charge is 2.39. The van der Waals surface area contributed by atoms with Gasteiger partial charge in [-0.2, -0.15) is 0 Å². The summed E-state index contributed by atoms with van der Waals surface area (Å²) in [5.74, 6) is 0. The molecule has 1 N–H and O–H groups in total. The second-order valence-corrected chi connectivity index (χ2v) is 3.93. The molecule has 2 aliphatic heterocycles. The Balaban J connectivity index is 0.000000720. The fourth-order valence-electron chi connectivity index (χ4n) is 2.32. The van der Waals surface area contributed by atoms with Gasteiger partial charge in [-0.15, -0.1) is 0 Å². The zero-order chi connectivity index (χ0) is 7.73. The third-order valence-corrected chi connectivity index (χ3v) is 3.21. The maximum absolute atomic E-state index is 3.58. The molecule has 0 radical (unpaired) electrons. The van der Waals surface area contributed by atoms with Gasteiger partial charge in [-0.3, -0.25) is 0 Å². The molecule has 2 heteroatoms. The second kappa shape index (κ2) is 2.76. The summed E-state index contributed by atoms with van der Waals surface area (Å²) in [7, 11) is 0. The summed E-state index contributed by atoms with van der Waals surface area (Å²) in [6.07, 6.45) is 4.20. The molecule has 2 nitrogen and oxygen atoms in total. The average Bonchev–Trinajstić information content (AvgIpc) is 2.02. The van der Waals surface area contributed by atoms with Crippen molar-refractivity contribution < 1.29 is 1.43 Å². The van der Waals surface area contributed by atoms with Gasteiger partial charge in [-0.25, -0.2) is 0 Å². The lowest BCUT2D eigenvalue weighted by Gasteiger charge is -2.49. The number of nitrogens with zero attached hydrogens (tertiary/aromatic N) is 1. The number of hydrogen-bond donors (Lipinski definition) is 1. The molecule has 1 spiro atoms. The van der Waals surface area contributed by atoms with Crippen LogP contribution in [0.1, 0.15) is 27.6 Å². The molecule has 1 atom stereocenters. The van der Waals surface area contributed by atoms with Gasteiger partial charge in [0.15, 0.2) is 0 Å². The third kappa shape index (κ3) is 1.30. The molecule has 0 aromatic carbocycles. The zero-order valence-corrected chi connectivity index (χ0v) is 7.40. The highest BCUT2D eigenvalue weighted by Crippen LogP contribution is 2.29. The van der Waals surface area contributed by atoms with Crippen LogP contribution < -0.4 is 5.32 Å². The summed E-state index contributed by atoms with van der Waals surface area (Å²) in [4.78, 5) is 2.57. The van der Waals surface area contributed by atoms with E-state index in [9.17, 15) is 0 Å². The predicted octanol–water partition coefficient (Wildman–Crippen LogP) is 1.08. The van der Waals surface area contributed by atoms with Gasteiger partial charge in [0, 0.05) is 13.5 Å². The quantitative estimate of drug-likeness (QED) is 0.611. The van der Waals surface area contributed by atoms with E-state index in [1.165, 1.54) is 45.4 Å². The van der Waals surface area contributed by atoms with Crippen molar-refractivity contribution in [2.45, 2.75) is 31.7 Å². The summed E-state index contributed by atoms with van der Waals surface area (Å²) < 4.78 is 0. The van der Waals surface area contributed by atoms with Gasteiger partial charge in [-0.1, -0.05) is 6.92 Å². The van der Waals surface area contributed by atoms with Crippen molar-refractivity contribution in [3.63, 3.8) is 0 Å². The number of likely N-dealkylation sites (tertiary alicyclic amines) is 1. The minimum Gasteiger partial charge on any atom is -0.310 e. The fraction of sp³-hybridized carbons (Fsp3) is 1.00. The zero-order valence-electron chi connectivity index (χ0n) is 7.40. The molecule has 0 aromatic rings. The molecule has 0 amide bonds. The Labute approximate surface area is 70.4 Å². The summed E-state index contributed by atoms with van der Waals surface area (Å²) >= 11 is 0. The van der Waals surface area contributed by atoms with Crippen LogP contribution in [0, 0.1) is 0 Å². The van der Waals surface area contributed by atoms with Crippen molar-refractivity contribution in [3.8, 4) is 0 Å². The SMILES string of the molecule is CCN1CCCC2(CCN2)C1.[HH]. The van der Waals surface area contributed by atoms with Gasteiger partial charge in [0.05, 0.1) is 0 Å². The van der Waals surface area contributed by atoms with Gasteiger partial charge in [0.2, 0.25) is 0 Å². The van der Waals surface area contributed by atoms with Crippen LogP contribution in [0.15, 0.2) is 0 Å². The molecule has 11 heavy (non-hydrogen) atoms. The van der Waals surface area contributed by atoms with Crippen LogP contribution in [0.25, 0.3) is 0 Å². The van der Waals surface area contributed by atoms with Gasteiger partial charge < -0.3 is 10.2 Å². The largest absolute Gasteiger partial charge is 0.310 e. The van der Waals surface area contributed by atoms with Crippen LogP contribution >= 0.6 is 0 Å². The lowest BCUT2D eigenvalue weighted by atomic mass is 9.80. The van der Waals surface area contributed by atoms with E-state index in [0.717, 1.165) is 0 Å². The topological polar surface area (TPSA) is 15.3 Å². The maximum Gasteiger partial charge on any atom is 0.0321 e. The molecule has 2 rings (SSSR count). The van der Waals surface area contributed by atoms with E-state index >= 15 is 0 Å². The summed E-state index contributed by atoms with van der Waals surface area (Å²) in [6.45, 7) is 7.35. The molecular weight excluding hydrogens is 136 g/mol. The van der Waals surface area contributed by atoms with Crippen LogP contribution in [-0.2, 0) is 0 Å². The average molecular weight is 156 g/mol. The van der Waals surface area contributed by atoms with Crippen molar-refractivity contribution in [2.24, 2.45) is 0 Å². The summed E-state index contributed by atoms with van der Waals surface area (Å²) in [5, 5.41) is 3.58. The lowest BCUT2D eigenvalue weighted by molar-refractivity contribution is 0.0751. The number of hydrogen-bond acceptors (Lipinski definition) is 2. The van der Waals surface area contributed by atoms with Crippen LogP contribution in [-0.4, -0.2) is 36.6 Å². The summed E-state index contributed by atoms with van der Waals surface area (Å²) in [5.41, 5.74) is 0.550. The van der Waals surface area contributed by atoms with Gasteiger partial charge in [0.25, 0.3) is 0 Å². The van der Waals surface area contributed by atoms with Crippen molar-refractivity contribution in [1.82, 2.24) is 10.2 Å².